The molecule has 0 bridgehead atoms. The van der Waals surface area contributed by atoms with Gasteiger partial charge in [-0.1, -0.05) is 49.8 Å². The molecule has 1 atom stereocenters. The highest BCUT2D eigenvalue weighted by atomic mass is 32.2. The molecule has 0 aliphatic rings. The zero-order valence-corrected chi connectivity index (χ0v) is 19.3. The lowest BCUT2D eigenvalue weighted by molar-refractivity contribution is 0.0743. The fourth-order valence-electron chi connectivity index (χ4n) is 2.89. The van der Waals surface area contributed by atoms with E-state index in [4.69, 9.17) is 14.2 Å². The minimum atomic E-state index is -0.189. The molecule has 2 heterocycles. The number of aromatic nitrogens is 4. The van der Waals surface area contributed by atoms with Crippen LogP contribution < -0.4 is 5.56 Å². The first-order valence-electron chi connectivity index (χ1n) is 10.3. The lowest BCUT2D eigenvalue weighted by Crippen LogP contribution is -2.24. The molecule has 0 radical (unpaired) electrons. The lowest BCUT2D eigenvalue weighted by atomic mass is 9.96. The van der Waals surface area contributed by atoms with Gasteiger partial charge in [0.05, 0.1) is 22.3 Å². The van der Waals surface area contributed by atoms with Crippen molar-refractivity contribution in [2.45, 2.75) is 76.4 Å². The minimum absolute atomic E-state index is 0.0410. The molecule has 3 rings (SSSR count). The van der Waals surface area contributed by atoms with Gasteiger partial charge in [-0.05, 0) is 39.3 Å². The highest BCUT2D eigenvalue weighted by molar-refractivity contribution is 7.99. The minimum Gasteiger partial charge on any atom is -0.379 e. The average Bonchev–Trinajstić information content (AvgIpc) is 3.18. The molecule has 162 valence electrons. The number of ether oxygens (including phenoxy) is 1. The summed E-state index contributed by atoms with van der Waals surface area (Å²) < 4.78 is 12.9. The van der Waals surface area contributed by atoms with Crippen LogP contribution >= 0.6 is 11.8 Å². The fourth-order valence-corrected chi connectivity index (χ4v) is 3.86. The van der Waals surface area contributed by atoms with Crippen LogP contribution in [0.1, 0.15) is 64.9 Å². The summed E-state index contributed by atoms with van der Waals surface area (Å²) in [5.74, 6) is 1.20. The summed E-state index contributed by atoms with van der Waals surface area (Å²) in [6.45, 7) is 13.2. The first-order chi connectivity index (χ1) is 14.2. The van der Waals surface area contributed by atoms with Gasteiger partial charge in [0.15, 0.2) is 11.0 Å². The number of thioether (sulfide) groups is 1. The number of benzene rings is 1. The SMILES string of the molecule is CC(C)OCCCn1c(SC(C)c2nc(C(C)(C)C)no2)nc2ccccc2c1=O. The van der Waals surface area contributed by atoms with E-state index in [9.17, 15) is 4.79 Å². The second kappa shape index (κ2) is 9.31. The molecular formula is C22H30N4O3S. The van der Waals surface area contributed by atoms with Crippen LogP contribution in [0.5, 0.6) is 0 Å². The summed E-state index contributed by atoms with van der Waals surface area (Å²) in [6, 6.07) is 7.43. The molecule has 30 heavy (non-hydrogen) atoms. The highest BCUT2D eigenvalue weighted by Gasteiger charge is 2.25. The predicted octanol–water partition coefficient (Wildman–Crippen LogP) is 4.75. The fraction of sp³-hybridized carbons (Fsp3) is 0.545. The normalized spacial score (nSPS) is 13.3. The van der Waals surface area contributed by atoms with Crippen LogP contribution in [0.15, 0.2) is 38.7 Å². The van der Waals surface area contributed by atoms with E-state index in [2.05, 4.69) is 10.1 Å². The predicted molar refractivity (Wildman–Crippen MR) is 119 cm³/mol. The maximum atomic E-state index is 13.1. The van der Waals surface area contributed by atoms with Crippen molar-refractivity contribution in [2.75, 3.05) is 6.61 Å². The summed E-state index contributed by atoms with van der Waals surface area (Å²) in [5, 5.41) is 5.24. The number of hydrogen-bond donors (Lipinski definition) is 0. The van der Waals surface area contributed by atoms with Crippen molar-refractivity contribution in [3.05, 3.63) is 46.3 Å². The Hall–Kier alpha value is -2.19. The number of fused-ring (bicyclic) bond motifs is 1. The van der Waals surface area contributed by atoms with Crippen molar-refractivity contribution >= 4 is 22.7 Å². The molecule has 3 aromatic rings. The van der Waals surface area contributed by atoms with Crippen LogP contribution in [-0.2, 0) is 16.7 Å². The Labute approximate surface area is 181 Å². The second-order valence-corrected chi connectivity index (χ2v) is 9.92. The Balaban J connectivity index is 1.89. The third-order valence-corrected chi connectivity index (χ3v) is 5.62. The second-order valence-electron chi connectivity index (χ2n) is 8.61. The lowest BCUT2D eigenvalue weighted by Gasteiger charge is -2.15. The van der Waals surface area contributed by atoms with Crippen molar-refractivity contribution in [2.24, 2.45) is 0 Å². The largest absolute Gasteiger partial charge is 0.379 e. The monoisotopic (exact) mass is 430 g/mol. The highest BCUT2D eigenvalue weighted by Crippen LogP contribution is 2.34. The summed E-state index contributed by atoms with van der Waals surface area (Å²) in [6.07, 6.45) is 0.897. The number of rotatable bonds is 8. The quantitative estimate of drug-likeness (QED) is 0.290. The van der Waals surface area contributed by atoms with Gasteiger partial charge in [-0.2, -0.15) is 4.98 Å². The first kappa shape index (κ1) is 22.5. The zero-order valence-electron chi connectivity index (χ0n) is 18.5. The summed E-state index contributed by atoms with van der Waals surface area (Å²) in [5.41, 5.74) is 0.458. The van der Waals surface area contributed by atoms with E-state index in [-0.39, 0.29) is 22.3 Å². The molecule has 0 fully saturated rings. The molecule has 0 spiro atoms. The van der Waals surface area contributed by atoms with Crippen LogP contribution in [-0.4, -0.2) is 32.4 Å². The number of para-hydroxylation sites is 1. The molecule has 1 aromatic carbocycles. The Morgan fingerprint density at radius 1 is 1.17 bits per heavy atom. The Morgan fingerprint density at radius 2 is 1.90 bits per heavy atom. The van der Waals surface area contributed by atoms with Gasteiger partial charge >= 0.3 is 0 Å². The molecule has 0 aliphatic heterocycles. The van der Waals surface area contributed by atoms with E-state index in [0.717, 1.165) is 6.42 Å². The molecule has 0 saturated heterocycles. The van der Waals surface area contributed by atoms with Gasteiger partial charge in [0, 0.05) is 18.6 Å². The third kappa shape index (κ3) is 5.29. The van der Waals surface area contributed by atoms with E-state index in [1.807, 2.05) is 65.8 Å². The van der Waals surface area contributed by atoms with E-state index in [0.29, 0.717) is 40.9 Å². The van der Waals surface area contributed by atoms with Crippen LogP contribution in [0.4, 0.5) is 0 Å². The molecule has 0 N–H and O–H groups in total. The Morgan fingerprint density at radius 3 is 2.57 bits per heavy atom. The summed E-state index contributed by atoms with van der Waals surface area (Å²) in [7, 11) is 0. The molecule has 7 nitrogen and oxygen atoms in total. The standard InChI is InChI=1S/C22H30N4O3S/c1-14(2)28-13-9-12-26-19(27)16-10-7-8-11-17(16)23-21(26)30-15(3)18-24-20(25-29-18)22(4,5)6/h7-8,10-11,14-15H,9,12-13H2,1-6H3. The van der Waals surface area contributed by atoms with Gasteiger partial charge in [-0.3, -0.25) is 9.36 Å². The van der Waals surface area contributed by atoms with E-state index in [1.54, 1.807) is 4.57 Å². The van der Waals surface area contributed by atoms with Crippen LogP contribution in [0.25, 0.3) is 10.9 Å². The van der Waals surface area contributed by atoms with Crippen molar-refractivity contribution in [1.29, 1.82) is 0 Å². The molecule has 0 saturated carbocycles. The van der Waals surface area contributed by atoms with Crippen LogP contribution in [0.2, 0.25) is 0 Å². The smallest absolute Gasteiger partial charge is 0.262 e. The Bertz CT molecular complexity index is 1050. The molecule has 2 aromatic heterocycles. The third-order valence-electron chi connectivity index (χ3n) is 4.55. The average molecular weight is 431 g/mol. The van der Waals surface area contributed by atoms with Gasteiger partial charge in [-0.25, -0.2) is 4.98 Å². The van der Waals surface area contributed by atoms with Crippen molar-refractivity contribution in [3.63, 3.8) is 0 Å². The van der Waals surface area contributed by atoms with Crippen molar-refractivity contribution in [3.8, 4) is 0 Å². The summed E-state index contributed by atoms with van der Waals surface area (Å²) in [4.78, 5) is 22.5. The first-order valence-corrected chi connectivity index (χ1v) is 11.2. The maximum absolute atomic E-state index is 13.1. The van der Waals surface area contributed by atoms with E-state index in [1.165, 1.54) is 11.8 Å². The molecule has 8 heteroatoms. The van der Waals surface area contributed by atoms with E-state index >= 15 is 0 Å². The van der Waals surface area contributed by atoms with Crippen molar-refractivity contribution in [1.82, 2.24) is 19.7 Å². The molecule has 0 aliphatic carbocycles. The van der Waals surface area contributed by atoms with Gasteiger partial charge < -0.3 is 9.26 Å². The van der Waals surface area contributed by atoms with Gasteiger partial charge in [-0.15, -0.1) is 0 Å². The molecule has 1 unspecified atom stereocenters. The van der Waals surface area contributed by atoms with E-state index < -0.39 is 0 Å². The topological polar surface area (TPSA) is 83.0 Å². The van der Waals surface area contributed by atoms with Crippen LogP contribution in [0.3, 0.4) is 0 Å². The maximum Gasteiger partial charge on any atom is 0.262 e. The van der Waals surface area contributed by atoms with Gasteiger partial charge in [0.25, 0.3) is 5.56 Å². The zero-order chi connectivity index (χ0) is 21.9. The molecule has 0 amide bonds. The van der Waals surface area contributed by atoms with Gasteiger partial charge in [0.1, 0.15) is 0 Å². The summed E-state index contributed by atoms with van der Waals surface area (Å²) >= 11 is 1.46. The number of hydrogen-bond acceptors (Lipinski definition) is 7. The van der Waals surface area contributed by atoms with Crippen LogP contribution in [0, 0.1) is 0 Å². The van der Waals surface area contributed by atoms with Crippen molar-refractivity contribution < 1.29 is 9.26 Å². The van der Waals surface area contributed by atoms with Gasteiger partial charge in [0.2, 0.25) is 5.89 Å². The Kier molecular flexibility index (Phi) is 6.98. The molecular weight excluding hydrogens is 400 g/mol. The number of nitrogens with zero attached hydrogens (tertiary/aromatic N) is 4.